The van der Waals surface area contributed by atoms with Crippen LogP contribution in [-0.4, -0.2) is 0 Å². The summed E-state index contributed by atoms with van der Waals surface area (Å²) in [5, 5.41) is 0. The summed E-state index contributed by atoms with van der Waals surface area (Å²) < 4.78 is 0. The van der Waals surface area contributed by atoms with Crippen molar-refractivity contribution in [1.29, 1.82) is 0 Å². The summed E-state index contributed by atoms with van der Waals surface area (Å²) in [6.07, 6.45) is 0. The molecule has 0 aliphatic carbocycles. The van der Waals surface area contributed by atoms with Crippen molar-refractivity contribution in [2.75, 3.05) is 0 Å². The van der Waals surface area contributed by atoms with Gasteiger partial charge in [-0.05, 0) is 0 Å². The molecular formula is Rb2S3. The van der Waals surface area contributed by atoms with Gasteiger partial charge in [0.1, 0.15) is 0 Å². The van der Waals surface area contributed by atoms with Crippen LogP contribution in [0.1, 0.15) is 0 Å². The van der Waals surface area contributed by atoms with E-state index in [1.807, 2.05) is 0 Å². The molecule has 0 rings (SSSR count). The van der Waals surface area contributed by atoms with Crippen molar-refractivity contribution >= 4 is 33.1 Å². The van der Waals surface area contributed by atoms with Crippen LogP contribution in [0.5, 0.6) is 0 Å². The minimum Gasteiger partial charge on any atom is -0.747 e. The Morgan fingerprint density at radius 3 is 1.00 bits per heavy atom. The molecule has 0 unspecified atom stereocenters. The summed E-state index contributed by atoms with van der Waals surface area (Å²) in [6.45, 7) is 0. The van der Waals surface area contributed by atoms with Gasteiger partial charge in [-0.3, -0.25) is 0 Å². The second-order valence-electron chi connectivity index (χ2n) is 0.0680. The maximum absolute atomic E-state index is 4.12. The summed E-state index contributed by atoms with van der Waals surface area (Å²) in [4.78, 5) is 0. The maximum atomic E-state index is 4.12. The van der Waals surface area contributed by atoms with Crippen LogP contribution in [-0.2, 0) is 23.3 Å². The second kappa shape index (κ2) is 15.9. The smallest absolute Gasteiger partial charge is 0.747 e. The Morgan fingerprint density at radius 1 is 1.00 bits per heavy atom. The molecule has 0 aromatic heterocycles. The van der Waals surface area contributed by atoms with Crippen LogP contribution in [0.3, 0.4) is 0 Å². The molecule has 0 fully saturated rings. The van der Waals surface area contributed by atoms with Gasteiger partial charge in [0.25, 0.3) is 0 Å². The van der Waals surface area contributed by atoms with E-state index < -0.39 is 0 Å². The summed E-state index contributed by atoms with van der Waals surface area (Å²) in [6, 6.07) is 0. The molecule has 0 saturated heterocycles. The first-order valence-corrected chi connectivity index (χ1v) is 3.00. The quantitative estimate of drug-likeness (QED) is 0.318. The topological polar surface area (TPSA) is 0 Å². The fraction of sp³-hybridized carbons (Fsp3) is 0. The van der Waals surface area contributed by atoms with E-state index in [0.717, 1.165) is 9.83 Å². The molecule has 0 aromatic rings. The Bertz CT molecular complexity index is 4.85. The Kier molecular flexibility index (Phi) is 51.8. The summed E-state index contributed by atoms with van der Waals surface area (Å²) in [7, 11) is 0.917. The molecule has 0 nitrogen and oxygen atoms in total. The standard InChI is InChI=1S/2Rb.H2S3/c;;1-3-2/h;;1-2H/q2*+1;/p-2. The molecule has 0 aromatic carbocycles. The predicted molar refractivity (Wildman–Crippen MR) is 22.3 cm³/mol. The van der Waals surface area contributed by atoms with Gasteiger partial charge in [-0.15, -0.1) is 0 Å². The van der Waals surface area contributed by atoms with E-state index in [9.17, 15) is 0 Å². The van der Waals surface area contributed by atoms with Crippen LogP contribution in [0, 0.1) is 0 Å². The van der Waals surface area contributed by atoms with Crippen molar-refractivity contribution in [1.82, 2.24) is 0 Å². The third-order valence-corrected chi connectivity index (χ3v) is 0. The van der Waals surface area contributed by atoms with Crippen LogP contribution < -0.4 is 116 Å². The molecule has 0 aliphatic rings. The van der Waals surface area contributed by atoms with Crippen molar-refractivity contribution in [3.8, 4) is 0 Å². The molecule has 0 bridgehead atoms. The molecule has 0 amide bonds. The third kappa shape index (κ3) is 17.7. The zero-order valence-corrected chi connectivity index (χ0v) is 15.5. The van der Waals surface area contributed by atoms with Gasteiger partial charge in [0, 0.05) is 0 Å². The number of hydrogen-bond donors (Lipinski definition) is 0. The van der Waals surface area contributed by atoms with Crippen LogP contribution in [0.4, 0.5) is 0 Å². The predicted octanol–water partition coefficient (Wildman–Crippen LogP) is -5.35. The SMILES string of the molecule is [Rb+].[Rb+].[S-]S[S-]. The van der Waals surface area contributed by atoms with Crippen LogP contribution in [0.15, 0.2) is 0 Å². The van der Waals surface area contributed by atoms with Crippen molar-refractivity contribution in [2.24, 2.45) is 0 Å². The summed E-state index contributed by atoms with van der Waals surface area (Å²) >= 11 is 8.25. The Labute approximate surface area is 144 Å². The van der Waals surface area contributed by atoms with E-state index in [0.29, 0.717) is 0 Å². The molecule has 5 heteroatoms. The average molecular weight is 267 g/mol. The van der Waals surface area contributed by atoms with Crippen LogP contribution in [0.2, 0.25) is 0 Å². The van der Waals surface area contributed by atoms with Gasteiger partial charge >= 0.3 is 116 Å². The van der Waals surface area contributed by atoms with E-state index in [1.54, 1.807) is 0 Å². The van der Waals surface area contributed by atoms with Crippen LogP contribution in [0.25, 0.3) is 0 Å². The fourth-order valence-corrected chi connectivity index (χ4v) is 0. The first-order chi connectivity index (χ1) is 1.41. The summed E-state index contributed by atoms with van der Waals surface area (Å²) in [5.41, 5.74) is 0. The van der Waals surface area contributed by atoms with E-state index in [4.69, 9.17) is 0 Å². The molecule has 0 saturated carbocycles. The van der Waals surface area contributed by atoms with Crippen molar-refractivity contribution in [2.45, 2.75) is 0 Å². The van der Waals surface area contributed by atoms with Gasteiger partial charge in [0.15, 0.2) is 0 Å². The molecule has 0 aliphatic heterocycles. The van der Waals surface area contributed by atoms with Gasteiger partial charge in [0.05, 0.1) is 0 Å². The van der Waals surface area contributed by atoms with Crippen LogP contribution >= 0.6 is 9.83 Å². The van der Waals surface area contributed by atoms with Gasteiger partial charge in [-0.25, -0.2) is 0 Å². The first kappa shape index (κ1) is 16.3. The molecular weight excluding hydrogens is 267 g/mol. The van der Waals surface area contributed by atoms with E-state index in [2.05, 4.69) is 23.3 Å². The molecule has 0 heterocycles. The molecule has 0 N–H and O–H groups in total. The monoisotopic (exact) mass is 266 g/mol. The number of hydrogen-bond acceptors (Lipinski definition) is 3. The van der Waals surface area contributed by atoms with Crippen molar-refractivity contribution in [3.63, 3.8) is 0 Å². The molecule has 0 radical (unpaired) electrons. The largest absolute Gasteiger partial charge is 1.00 e. The number of rotatable bonds is 0. The second-order valence-corrected chi connectivity index (χ2v) is 1.84. The third-order valence-electron chi connectivity index (χ3n) is 0. The van der Waals surface area contributed by atoms with E-state index in [-0.39, 0.29) is 116 Å². The first-order valence-electron chi connectivity index (χ1n) is 0.333. The maximum Gasteiger partial charge on any atom is 1.00 e. The molecule has 20 valence electrons. The van der Waals surface area contributed by atoms with Crippen molar-refractivity contribution in [3.05, 3.63) is 0 Å². The minimum atomic E-state index is 0. The summed E-state index contributed by atoms with van der Waals surface area (Å²) in [5.74, 6) is 0. The molecule has 5 heavy (non-hydrogen) atoms. The minimum absolute atomic E-state index is 0. The van der Waals surface area contributed by atoms with E-state index >= 15 is 0 Å². The Morgan fingerprint density at radius 2 is 1.00 bits per heavy atom. The zero-order chi connectivity index (χ0) is 2.71. The zero-order valence-electron chi connectivity index (χ0n) is 3.22. The van der Waals surface area contributed by atoms with Gasteiger partial charge < -0.3 is 33.1 Å². The normalized spacial score (nSPS) is 3.60. The van der Waals surface area contributed by atoms with Gasteiger partial charge in [-0.1, -0.05) is 0 Å². The average Bonchev–Trinajstić information content (AvgIpc) is 0.918. The van der Waals surface area contributed by atoms with Gasteiger partial charge in [-0.2, -0.15) is 0 Å². The van der Waals surface area contributed by atoms with Crippen molar-refractivity contribution < 1.29 is 116 Å². The Hall–Kier alpha value is 4.66. The molecule has 0 spiro atoms. The molecule has 0 atom stereocenters. The van der Waals surface area contributed by atoms with E-state index in [1.165, 1.54) is 0 Å². The Balaban J connectivity index is -0.0000000200. The van der Waals surface area contributed by atoms with Gasteiger partial charge in [0.2, 0.25) is 0 Å². The fourth-order valence-electron chi connectivity index (χ4n) is 0.